The minimum atomic E-state index is 0.440. The van der Waals surface area contributed by atoms with Crippen molar-refractivity contribution in [1.82, 2.24) is 0 Å². The molecule has 1 aromatic carbocycles. The summed E-state index contributed by atoms with van der Waals surface area (Å²) >= 11 is 0. The standard InChI is InChI=1S/C18H28O2/c1-6-8-19-18-13(4)9-12(3)10-16(18)15(7-2)11-17-14(5)20-17/h9-10,14-15,17H,6-8,11H2,1-5H3. The molecule has 0 aliphatic carbocycles. The lowest BCUT2D eigenvalue weighted by Crippen LogP contribution is -2.08. The van der Waals surface area contributed by atoms with Gasteiger partial charge in [0.15, 0.2) is 0 Å². The summed E-state index contributed by atoms with van der Waals surface area (Å²) < 4.78 is 11.7. The fraction of sp³-hybridized carbons (Fsp3) is 0.667. The Balaban J connectivity index is 2.25. The number of ether oxygens (including phenoxy) is 2. The van der Waals surface area contributed by atoms with Crippen molar-refractivity contribution in [2.75, 3.05) is 6.61 Å². The molecule has 2 heteroatoms. The predicted octanol–water partition coefficient (Wildman–Crippen LogP) is 4.76. The highest BCUT2D eigenvalue weighted by molar-refractivity contribution is 5.46. The normalized spacial score (nSPS) is 22.6. The van der Waals surface area contributed by atoms with Crippen LogP contribution in [-0.4, -0.2) is 18.8 Å². The van der Waals surface area contributed by atoms with Crippen molar-refractivity contribution in [3.63, 3.8) is 0 Å². The average molecular weight is 276 g/mol. The minimum Gasteiger partial charge on any atom is -0.493 e. The van der Waals surface area contributed by atoms with Crippen LogP contribution in [0, 0.1) is 13.8 Å². The summed E-state index contributed by atoms with van der Waals surface area (Å²) in [5, 5.41) is 0. The summed E-state index contributed by atoms with van der Waals surface area (Å²) in [6.07, 6.45) is 4.18. The lowest BCUT2D eigenvalue weighted by molar-refractivity contribution is 0.306. The first-order valence-corrected chi connectivity index (χ1v) is 7.96. The third-order valence-electron chi connectivity index (χ3n) is 4.18. The van der Waals surface area contributed by atoms with Crippen molar-refractivity contribution in [2.45, 2.75) is 72.0 Å². The van der Waals surface area contributed by atoms with Gasteiger partial charge >= 0.3 is 0 Å². The molecule has 3 unspecified atom stereocenters. The predicted molar refractivity (Wildman–Crippen MR) is 83.7 cm³/mol. The van der Waals surface area contributed by atoms with E-state index in [-0.39, 0.29) is 0 Å². The van der Waals surface area contributed by atoms with E-state index in [1.54, 1.807) is 0 Å². The monoisotopic (exact) mass is 276 g/mol. The summed E-state index contributed by atoms with van der Waals surface area (Å²) in [5.41, 5.74) is 3.96. The molecule has 1 aliphatic rings. The minimum absolute atomic E-state index is 0.440. The molecule has 0 radical (unpaired) electrons. The fourth-order valence-electron chi connectivity index (χ4n) is 2.96. The average Bonchev–Trinajstić information content (AvgIpc) is 3.10. The number of epoxide rings is 1. The third-order valence-corrected chi connectivity index (χ3v) is 4.18. The first-order valence-electron chi connectivity index (χ1n) is 7.96. The van der Waals surface area contributed by atoms with Gasteiger partial charge in [-0.15, -0.1) is 0 Å². The lowest BCUT2D eigenvalue weighted by Gasteiger charge is -2.21. The molecule has 2 rings (SSSR count). The quantitative estimate of drug-likeness (QED) is 0.669. The Morgan fingerprint density at radius 2 is 1.95 bits per heavy atom. The summed E-state index contributed by atoms with van der Waals surface area (Å²) in [6, 6.07) is 4.52. The van der Waals surface area contributed by atoms with Crippen LogP contribution in [0.4, 0.5) is 0 Å². The number of hydrogen-bond acceptors (Lipinski definition) is 2. The molecule has 0 aromatic heterocycles. The van der Waals surface area contributed by atoms with Crippen LogP contribution in [-0.2, 0) is 4.74 Å². The topological polar surface area (TPSA) is 21.8 Å². The van der Waals surface area contributed by atoms with E-state index in [1.165, 1.54) is 16.7 Å². The van der Waals surface area contributed by atoms with E-state index >= 15 is 0 Å². The van der Waals surface area contributed by atoms with Gasteiger partial charge in [-0.05, 0) is 57.1 Å². The second-order valence-corrected chi connectivity index (χ2v) is 6.07. The van der Waals surface area contributed by atoms with E-state index in [1.807, 2.05) is 0 Å². The molecular formula is C18H28O2. The molecule has 112 valence electrons. The second-order valence-electron chi connectivity index (χ2n) is 6.07. The van der Waals surface area contributed by atoms with Crippen LogP contribution in [0.25, 0.3) is 0 Å². The van der Waals surface area contributed by atoms with E-state index < -0.39 is 0 Å². The molecule has 3 atom stereocenters. The van der Waals surface area contributed by atoms with Gasteiger partial charge in [0.05, 0.1) is 18.8 Å². The highest BCUT2D eigenvalue weighted by Gasteiger charge is 2.36. The van der Waals surface area contributed by atoms with Gasteiger partial charge < -0.3 is 9.47 Å². The summed E-state index contributed by atoms with van der Waals surface area (Å²) in [4.78, 5) is 0. The number of hydrogen-bond donors (Lipinski definition) is 0. The van der Waals surface area contributed by atoms with Crippen LogP contribution in [0.5, 0.6) is 5.75 Å². The van der Waals surface area contributed by atoms with Crippen LogP contribution in [0.15, 0.2) is 12.1 Å². The van der Waals surface area contributed by atoms with Crippen molar-refractivity contribution in [3.05, 3.63) is 28.8 Å². The zero-order chi connectivity index (χ0) is 14.7. The molecule has 1 fully saturated rings. The SMILES string of the molecule is CCCOc1c(C)cc(C)cc1C(CC)CC1OC1C. The highest BCUT2D eigenvalue weighted by atomic mass is 16.6. The van der Waals surface area contributed by atoms with E-state index in [0.29, 0.717) is 18.1 Å². The van der Waals surface area contributed by atoms with Gasteiger partial charge in [0.25, 0.3) is 0 Å². The van der Waals surface area contributed by atoms with Gasteiger partial charge in [-0.25, -0.2) is 0 Å². The zero-order valence-corrected chi connectivity index (χ0v) is 13.5. The van der Waals surface area contributed by atoms with E-state index in [4.69, 9.17) is 9.47 Å². The van der Waals surface area contributed by atoms with E-state index in [9.17, 15) is 0 Å². The maximum Gasteiger partial charge on any atom is 0.125 e. The van der Waals surface area contributed by atoms with Crippen molar-refractivity contribution < 1.29 is 9.47 Å². The number of aryl methyl sites for hydroxylation is 2. The van der Waals surface area contributed by atoms with Crippen LogP contribution < -0.4 is 4.74 Å². The van der Waals surface area contributed by atoms with E-state index in [0.717, 1.165) is 31.6 Å². The Morgan fingerprint density at radius 1 is 1.25 bits per heavy atom. The Morgan fingerprint density at radius 3 is 2.50 bits per heavy atom. The summed E-state index contributed by atoms with van der Waals surface area (Å²) in [6.45, 7) is 11.7. The van der Waals surface area contributed by atoms with Crippen LogP contribution in [0.3, 0.4) is 0 Å². The summed E-state index contributed by atoms with van der Waals surface area (Å²) in [5.74, 6) is 1.65. The van der Waals surface area contributed by atoms with Crippen molar-refractivity contribution in [3.8, 4) is 5.75 Å². The van der Waals surface area contributed by atoms with Crippen LogP contribution in [0.1, 0.15) is 62.6 Å². The van der Waals surface area contributed by atoms with Crippen molar-refractivity contribution in [1.29, 1.82) is 0 Å². The molecule has 1 heterocycles. The van der Waals surface area contributed by atoms with Gasteiger partial charge in [0.1, 0.15) is 5.75 Å². The van der Waals surface area contributed by atoms with Crippen molar-refractivity contribution >= 4 is 0 Å². The molecule has 0 bridgehead atoms. The third kappa shape index (κ3) is 3.54. The molecule has 0 amide bonds. The van der Waals surface area contributed by atoms with Gasteiger partial charge in [-0.3, -0.25) is 0 Å². The Kier molecular flexibility index (Phi) is 5.09. The molecule has 1 saturated heterocycles. The lowest BCUT2D eigenvalue weighted by atomic mass is 9.88. The maximum atomic E-state index is 6.04. The molecule has 2 nitrogen and oxygen atoms in total. The van der Waals surface area contributed by atoms with Crippen LogP contribution >= 0.6 is 0 Å². The molecule has 20 heavy (non-hydrogen) atoms. The molecule has 1 aliphatic heterocycles. The number of rotatable bonds is 7. The van der Waals surface area contributed by atoms with E-state index in [2.05, 4.69) is 46.8 Å². The van der Waals surface area contributed by atoms with Gasteiger partial charge in [-0.1, -0.05) is 31.5 Å². The number of benzene rings is 1. The van der Waals surface area contributed by atoms with Gasteiger partial charge in [-0.2, -0.15) is 0 Å². The largest absolute Gasteiger partial charge is 0.493 e. The molecule has 0 N–H and O–H groups in total. The summed E-state index contributed by atoms with van der Waals surface area (Å²) in [7, 11) is 0. The first kappa shape index (κ1) is 15.4. The smallest absolute Gasteiger partial charge is 0.125 e. The zero-order valence-electron chi connectivity index (χ0n) is 13.5. The Bertz CT molecular complexity index is 453. The molecule has 0 spiro atoms. The molecule has 0 saturated carbocycles. The maximum absolute atomic E-state index is 6.04. The first-order chi connectivity index (χ1) is 9.56. The Labute approximate surface area is 123 Å². The fourth-order valence-corrected chi connectivity index (χ4v) is 2.96. The highest BCUT2D eigenvalue weighted by Crippen LogP contribution is 2.39. The molecular weight excluding hydrogens is 248 g/mol. The van der Waals surface area contributed by atoms with Gasteiger partial charge in [0.2, 0.25) is 0 Å². The Hall–Kier alpha value is -1.02. The second kappa shape index (κ2) is 6.62. The van der Waals surface area contributed by atoms with Gasteiger partial charge in [0, 0.05) is 0 Å². The van der Waals surface area contributed by atoms with Crippen molar-refractivity contribution in [2.24, 2.45) is 0 Å². The molecule has 1 aromatic rings. The van der Waals surface area contributed by atoms with Crippen LogP contribution in [0.2, 0.25) is 0 Å².